The zero-order valence-electron chi connectivity index (χ0n) is 20.8. The predicted octanol–water partition coefficient (Wildman–Crippen LogP) is 1.75. The number of hydrogen-bond acceptors (Lipinski definition) is 8. The molecule has 1 aromatic carbocycles. The van der Waals surface area contributed by atoms with E-state index in [4.69, 9.17) is 27.3 Å². The van der Waals surface area contributed by atoms with Crippen LogP contribution in [0.1, 0.15) is 25.4 Å². The molecule has 1 aliphatic rings. The smallest absolute Gasteiger partial charge is 0.248 e. The molecule has 11 nitrogen and oxygen atoms in total. The van der Waals surface area contributed by atoms with Crippen LogP contribution < -0.4 is 11.1 Å². The lowest BCUT2D eigenvalue weighted by atomic mass is 10.0. The van der Waals surface area contributed by atoms with Crippen LogP contribution in [0.25, 0.3) is 10.9 Å². The van der Waals surface area contributed by atoms with Crippen molar-refractivity contribution < 1.29 is 13.2 Å². The summed E-state index contributed by atoms with van der Waals surface area (Å²) in [5.41, 5.74) is 6.74. The average Bonchev–Trinajstić information content (AvgIpc) is 3.08. The number of nitrogens with zero attached hydrogens (tertiary/aromatic N) is 6. The van der Waals surface area contributed by atoms with E-state index in [1.54, 1.807) is 14.0 Å². The molecule has 1 saturated heterocycles. The summed E-state index contributed by atoms with van der Waals surface area (Å²) in [5, 5.41) is 8.24. The first-order chi connectivity index (χ1) is 17.0. The summed E-state index contributed by atoms with van der Waals surface area (Å²) in [6.45, 7) is 7.53. The third-order valence-corrected chi connectivity index (χ3v) is 8.90. The van der Waals surface area contributed by atoms with Crippen molar-refractivity contribution in [2.75, 3.05) is 31.5 Å². The largest absolute Gasteiger partial charge is 0.368 e. The molecule has 3 N–H and O–H groups in total. The van der Waals surface area contributed by atoms with Crippen molar-refractivity contribution in [2.45, 2.75) is 38.3 Å². The summed E-state index contributed by atoms with van der Waals surface area (Å²) in [7, 11) is -2.14. The van der Waals surface area contributed by atoms with Gasteiger partial charge in [-0.15, -0.1) is 0 Å². The molecule has 13 heteroatoms. The van der Waals surface area contributed by atoms with Crippen LogP contribution in [-0.4, -0.2) is 75.5 Å². The van der Waals surface area contributed by atoms with Gasteiger partial charge in [0.25, 0.3) is 0 Å². The Kier molecular flexibility index (Phi) is 7.51. The van der Waals surface area contributed by atoms with Gasteiger partial charge >= 0.3 is 0 Å². The zero-order chi connectivity index (χ0) is 26.2. The molecule has 1 fully saturated rings. The van der Waals surface area contributed by atoms with Gasteiger partial charge in [-0.2, -0.15) is 9.40 Å². The molecular formula is C23H31ClN8O3S. The maximum absolute atomic E-state index is 13.2. The lowest BCUT2D eigenvalue weighted by Crippen LogP contribution is -2.48. The summed E-state index contributed by atoms with van der Waals surface area (Å²) in [6.07, 6.45) is 0. The van der Waals surface area contributed by atoms with Gasteiger partial charge in [-0.05, 0) is 25.0 Å². The number of amides is 1. The van der Waals surface area contributed by atoms with Gasteiger partial charge in [-0.25, -0.2) is 18.4 Å². The Morgan fingerprint density at radius 3 is 2.42 bits per heavy atom. The molecule has 2 aromatic heterocycles. The number of rotatable bonds is 8. The van der Waals surface area contributed by atoms with Gasteiger partial charge in [0.05, 0.1) is 17.8 Å². The normalized spacial score (nSPS) is 16.5. The second kappa shape index (κ2) is 10.3. The number of carbonyl (C=O) groups is 1. The Labute approximate surface area is 215 Å². The topological polar surface area (TPSA) is 139 Å². The van der Waals surface area contributed by atoms with Gasteiger partial charge in [0.15, 0.2) is 0 Å². The number of aryl methyl sites for hydroxylation is 2. The fourth-order valence-corrected chi connectivity index (χ4v) is 6.51. The van der Waals surface area contributed by atoms with Gasteiger partial charge in [-0.3, -0.25) is 14.4 Å². The molecule has 1 aliphatic heterocycles. The second-order valence-corrected chi connectivity index (χ2v) is 11.5. The van der Waals surface area contributed by atoms with E-state index in [0.29, 0.717) is 50.1 Å². The molecule has 1 amide bonds. The Hall–Kier alpha value is -2.80. The maximum Gasteiger partial charge on any atom is 0.248 e. The van der Waals surface area contributed by atoms with Crippen molar-refractivity contribution in [1.82, 2.24) is 29.0 Å². The van der Waals surface area contributed by atoms with Crippen LogP contribution in [0.2, 0.25) is 5.15 Å². The summed E-state index contributed by atoms with van der Waals surface area (Å²) in [4.78, 5) is 23.6. The number of nitrogens with one attached hydrogen (secondary N) is 1. The number of nitrogens with two attached hydrogens (primary N) is 1. The van der Waals surface area contributed by atoms with Crippen LogP contribution in [-0.2, 0) is 28.4 Å². The SMILES string of the molecule is Cc1nn(C)c(Cl)c1S(=O)(=O)N1CCN(Cc2nc(N[C@H](C(N)=O)C(C)C)c3ccccc3n2)CC1. The molecule has 3 aromatic rings. The van der Waals surface area contributed by atoms with Gasteiger partial charge in [0.2, 0.25) is 15.9 Å². The van der Waals surface area contributed by atoms with Crippen molar-refractivity contribution in [3.63, 3.8) is 0 Å². The van der Waals surface area contributed by atoms with Crippen LogP contribution in [0.5, 0.6) is 0 Å². The summed E-state index contributed by atoms with van der Waals surface area (Å²) in [6, 6.07) is 7.00. The number of halogens is 1. The molecule has 0 radical (unpaired) electrons. The minimum Gasteiger partial charge on any atom is -0.368 e. The summed E-state index contributed by atoms with van der Waals surface area (Å²) >= 11 is 6.22. The van der Waals surface area contributed by atoms with Crippen LogP contribution in [0.4, 0.5) is 5.82 Å². The Morgan fingerprint density at radius 2 is 1.83 bits per heavy atom. The van der Waals surface area contributed by atoms with Gasteiger partial charge in [-0.1, -0.05) is 37.6 Å². The van der Waals surface area contributed by atoms with E-state index in [9.17, 15) is 13.2 Å². The predicted molar refractivity (Wildman–Crippen MR) is 138 cm³/mol. The summed E-state index contributed by atoms with van der Waals surface area (Å²) in [5.74, 6) is 0.656. The Bertz CT molecular complexity index is 1380. The lowest BCUT2D eigenvalue weighted by Gasteiger charge is -2.33. The number of sulfonamides is 1. The molecule has 0 unspecified atom stereocenters. The monoisotopic (exact) mass is 534 g/mol. The van der Waals surface area contributed by atoms with E-state index in [2.05, 4.69) is 15.3 Å². The number of aromatic nitrogens is 4. The molecule has 0 spiro atoms. The number of para-hydroxylation sites is 1. The number of hydrogen-bond donors (Lipinski definition) is 2. The van der Waals surface area contributed by atoms with Crippen molar-refractivity contribution in [3.8, 4) is 0 Å². The fourth-order valence-electron chi connectivity index (χ4n) is 4.38. The number of carbonyl (C=O) groups excluding carboxylic acids is 1. The third kappa shape index (κ3) is 5.17. The number of benzene rings is 1. The number of piperazine rings is 1. The van der Waals surface area contributed by atoms with E-state index >= 15 is 0 Å². The number of anilines is 1. The highest BCUT2D eigenvalue weighted by atomic mass is 35.5. The molecular weight excluding hydrogens is 504 g/mol. The van der Waals surface area contributed by atoms with Gasteiger partial charge < -0.3 is 11.1 Å². The van der Waals surface area contributed by atoms with E-state index < -0.39 is 22.0 Å². The molecule has 0 saturated carbocycles. The van der Waals surface area contributed by atoms with Crippen LogP contribution in [0, 0.1) is 12.8 Å². The van der Waals surface area contributed by atoms with Crippen molar-refractivity contribution in [2.24, 2.45) is 18.7 Å². The van der Waals surface area contributed by atoms with Crippen molar-refractivity contribution >= 4 is 44.3 Å². The highest BCUT2D eigenvalue weighted by Crippen LogP contribution is 2.28. The second-order valence-electron chi connectivity index (χ2n) is 9.28. The lowest BCUT2D eigenvalue weighted by molar-refractivity contribution is -0.119. The first-order valence-electron chi connectivity index (χ1n) is 11.7. The van der Waals surface area contributed by atoms with Gasteiger partial charge in [0, 0.05) is 38.6 Å². The third-order valence-electron chi connectivity index (χ3n) is 6.31. The zero-order valence-corrected chi connectivity index (χ0v) is 22.3. The molecule has 4 rings (SSSR count). The Balaban J connectivity index is 1.52. The quantitative estimate of drug-likeness (QED) is 0.445. The summed E-state index contributed by atoms with van der Waals surface area (Å²) < 4.78 is 29.2. The highest BCUT2D eigenvalue weighted by Gasteiger charge is 2.34. The van der Waals surface area contributed by atoms with Crippen LogP contribution in [0.3, 0.4) is 0 Å². The number of primary amides is 1. The highest BCUT2D eigenvalue weighted by molar-refractivity contribution is 7.89. The van der Waals surface area contributed by atoms with Crippen molar-refractivity contribution in [3.05, 3.63) is 40.9 Å². The van der Waals surface area contributed by atoms with Crippen LogP contribution >= 0.6 is 11.6 Å². The van der Waals surface area contributed by atoms with E-state index in [1.165, 1.54) is 8.99 Å². The standard InChI is InChI=1S/C23H31ClN8O3S/c1-14(2)19(22(25)33)28-23-16-7-5-6-8-17(16)26-18(27-23)13-31-9-11-32(12-10-31)36(34,35)20-15(3)29-30(4)21(20)24/h5-8,14,19H,9-13H2,1-4H3,(H2,25,33)(H,26,27,28)/t19-/m0/s1. The average molecular weight is 535 g/mol. The molecule has 0 bridgehead atoms. The minimum atomic E-state index is -3.76. The Morgan fingerprint density at radius 1 is 1.17 bits per heavy atom. The molecule has 36 heavy (non-hydrogen) atoms. The molecule has 0 aliphatic carbocycles. The number of fused-ring (bicyclic) bond motifs is 1. The van der Waals surface area contributed by atoms with Crippen molar-refractivity contribution in [1.29, 1.82) is 0 Å². The molecule has 1 atom stereocenters. The fraction of sp³-hybridized carbons (Fsp3) is 0.478. The van der Waals surface area contributed by atoms with Gasteiger partial charge in [0.1, 0.15) is 27.7 Å². The molecule has 3 heterocycles. The molecule has 194 valence electrons. The van der Waals surface area contributed by atoms with E-state index in [-0.39, 0.29) is 16.0 Å². The first kappa shape index (κ1) is 26.3. The maximum atomic E-state index is 13.2. The first-order valence-corrected chi connectivity index (χ1v) is 13.5. The van der Waals surface area contributed by atoms with Crippen LogP contribution in [0.15, 0.2) is 29.2 Å². The van der Waals surface area contributed by atoms with E-state index in [1.807, 2.05) is 38.1 Å². The minimum absolute atomic E-state index is 0.0216. The van der Waals surface area contributed by atoms with E-state index in [0.717, 1.165) is 10.9 Å².